The quantitative estimate of drug-likeness (QED) is 0.777. The van der Waals surface area contributed by atoms with Crippen molar-refractivity contribution in [2.75, 3.05) is 0 Å². The summed E-state index contributed by atoms with van der Waals surface area (Å²) in [5.41, 5.74) is 0. The van der Waals surface area contributed by atoms with E-state index in [1.54, 1.807) is 6.07 Å². The lowest BCUT2D eigenvalue weighted by Crippen LogP contribution is -2.51. The van der Waals surface area contributed by atoms with Crippen LogP contribution in [0.1, 0.15) is 20.8 Å². The van der Waals surface area contributed by atoms with E-state index < -0.39 is 13.9 Å². The zero-order chi connectivity index (χ0) is 12.7. The molecule has 0 saturated carbocycles. The zero-order valence-electron chi connectivity index (χ0n) is 10.4. The molecule has 0 aliphatic rings. The van der Waals surface area contributed by atoms with Gasteiger partial charge in [-0.2, -0.15) is 0 Å². The SMILES string of the molecule is CC(C)(C)[Si](C)(C)c1c(Br)ccc(O)c1F. The summed E-state index contributed by atoms with van der Waals surface area (Å²) in [5, 5.41) is 10.2. The lowest BCUT2D eigenvalue weighted by molar-refractivity contribution is 0.434. The molecule has 0 spiro atoms. The molecule has 0 radical (unpaired) electrons. The molecule has 1 rings (SSSR count). The van der Waals surface area contributed by atoms with Gasteiger partial charge in [0.15, 0.2) is 11.6 Å². The summed E-state index contributed by atoms with van der Waals surface area (Å²) in [6, 6.07) is 3.10. The Hall–Kier alpha value is -0.353. The molecule has 0 amide bonds. The van der Waals surface area contributed by atoms with Crippen LogP contribution in [0.4, 0.5) is 4.39 Å². The summed E-state index contributed by atoms with van der Waals surface area (Å²) < 4.78 is 14.8. The summed E-state index contributed by atoms with van der Waals surface area (Å²) in [6.45, 7) is 10.6. The van der Waals surface area contributed by atoms with Crippen molar-refractivity contribution >= 4 is 29.2 Å². The second-order valence-corrected chi connectivity index (χ2v) is 11.7. The third-order valence-corrected chi connectivity index (χ3v) is 10.1. The van der Waals surface area contributed by atoms with Crippen molar-refractivity contribution in [3.63, 3.8) is 0 Å². The van der Waals surface area contributed by atoms with E-state index in [-0.39, 0.29) is 10.8 Å². The number of benzene rings is 1. The van der Waals surface area contributed by atoms with Crippen LogP contribution in [-0.4, -0.2) is 13.2 Å². The third-order valence-electron chi connectivity index (χ3n) is 3.57. The molecule has 0 bridgehead atoms. The Bertz CT molecular complexity index is 410. The molecule has 0 heterocycles. The Labute approximate surface area is 106 Å². The highest BCUT2D eigenvalue weighted by atomic mass is 79.9. The molecule has 1 aromatic carbocycles. The molecular formula is C12H18BrFOSi. The molecule has 1 aromatic rings. The van der Waals surface area contributed by atoms with Gasteiger partial charge in [0.1, 0.15) is 0 Å². The number of hydrogen-bond donors (Lipinski definition) is 1. The minimum Gasteiger partial charge on any atom is -0.505 e. The molecule has 0 fully saturated rings. The van der Waals surface area contributed by atoms with Gasteiger partial charge < -0.3 is 5.11 Å². The van der Waals surface area contributed by atoms with E-state index in [4.69, 9.17) is 0 Å². The Kier molecular flexibility index (Phi) is 3.55. The Morgan fingerprint density at radius 3 is 2.19 bits per heavy atom. The average molecular weight is 305 g/mol. The maximum atomic E-state index is 14.0. The number of rotatable bonds is 1. The van der Waals surface area contributed by atoms with Crippen molar-refractivity contribution in [1.29, 1.82) is 0 Å². The highest BCUT2D eigenvalue weighted by Gasteiger charge is 2.40. The van der Waals surface area contributed by atoms with Crippen LogP contribution in [0.25, 0.3) is 0 Å². The third kappa shape index (κ3) is 2.18. The number of phenolic OH excluding ortho intramolecular Hbond substituents is 1. The Morgan fingerprint density at radius 2 is 1.75 bits per heavy atom. The predicted molar refractivity (Wildman–Crippen MR) is 72.6 cm³/mol. The maximum Gasteiger partial charge on any atom is 0.165 e. The van der Waals surface area contributed by atoms with Gasteiger partial charge >= 0.3 is 0 Å². The lowest BCUT2D eigenvalue weighted by Gasteiger charge is -2.38. The molecule has 90 valence electrons. The molecule has 1 N–H and O–H groups in total. The second-order valence-electron chi connectivity index (χ2n) is 5.63. The van der Waals surface area contributed by atoms with Crippen molar-refractivity contribution in [3.05, 3.63) is 22.4 Å². The molecule has 0 aromatic heterocycles. The first-order valence-corrected chi connectivity index (χ1v) is 9.06. The largest absolute Gasteiger partial charge is 0.505 e. The van der Waals surface area contributed by atoms with E-state index in [9.17, 15) is 9.50 Å². The summed E-state index contributed by atoms with van der Waals surface area (Å²) in [6.07, 6.45) is 0. The van der Waals surface area contributed by atoms with E-state index in [0.29, 0.717) is 5.19 Å². The van der Waals surface area contributed by atoms with Crippen molar-refractivity contribution in [2.45, 2.75) is 38.9 Å². The minimum absolute atomic E-state index is 0.0319. The van der Waals surface area contributed by atoms with Crippen LogP contribution >= 0.6 is 15.9 Å². The van der Waals surface area contributed by atoms with Gasteiger partial charge in [-0.05, 0) is 22.4 Å². The van der Waals surface area contributed by atoms with Crippen LogP contribution in [0, 0.1) is 5.82 Å². The second kappa shape index (κ2) is 4.15. The van der Waals surface area contributed by atoms with E-state index in [0.717, 1.165) is 4.47 Å². The molecule has 0 aliphatic heterocycles. The van der Waals surface area contributed by atoms with Gasteiger partial charge in [0.2, 0.25) is 0 Å². The maximum absolute atomic E-state index is 14.0. The molecule has 0 aliphatic carbocycles. The van der Waals surface area contributed by atoms with E-state index in [1.807, 2.05) is 0 Å². The first-order valence-electron chi connectivity index (χ1n) is 5.26. The molecular weight excluding hydrogens is 287 g/mol. The molecule has 0 atom stereocenters. The van der Waals surface area contributed by atoms with Gasteiger partial charge in [0, 0.05) is 4.47 Å². The van der Waals surface area contributed by atoms with Crippen LogP contribution in [0.3, 0.4) is 0 Å². The van der Waals surface area contributed by atoms with E-state index >= 15 is 0 Å². The van der Waals surface area contributed by atoms with E-state index in [2.05, 4.69) is 49.8 Å². The van der Waals surface area contributed by atoms with Crippen molar-refractivity contribution in [3.8, 4) is 5.75 Å². The summed E-state index contributed by atoms with van der Waals surface area (Å²) in [5.74, 6) is -0.732. The number of halogens is 2. The van der Waals surface area contributed by atoms with Gasteiger partial charge in [0.05, 0.1) is 8.07 Å². The zero-order valence-corrected chi connectivity index (χ0v) is 12.9. The van der Waals surface area contributed by atoms with Crippen molar-refractivity contribution in [2.24, 2.45) is 0 Å². The number of aromatic hydroxyl groups is 1. The van der Waals surface area contributed by atoms with Gasteiger partial charge in [-0.3, -0.25) is 0 Å². The van der Waals surface area contributed by atoms with Crippen LogP contribution in [-0.2, 0) is 0 Å². The predicted octanol–water partition coefficient (Wildman–Crippen LogP) is 4.01. The van der Waals surface area contributed by atoms with Crippen LogP contribution in [0.15, 0.2) is 16.6 Å². The summed E-state index contributed by atoms with van der Waals surface area (Å²) in [4.78, 5) is 0. The summed E-state index contributed by atoms with van der Waals surface area (Å²) >= 11 is 3.39. The monoisotopic (exact) mass is 304 g/mol. The first-order chi connectivity index (χ1) is 7.09. The smallest absolute Gasteiger partial charge is 0.165 e. The standard InChI is InChI=1S/C12H18BrFOSi/c1-12(2,3)16(4,5)11-8(13)6-7-9(15)10(11)14/h6-7,15H,1-5H3. The number of phenols is 1. The van der Waals surface area contributed by atoms with Gasteiger partial charge in [-0.15, -0.1) is 0 Å². The number of hydrogen-bond acceptors (Lipinski definition) is 1. The fourth-order valence-electron chi connectivity index (χ4n) is 1.49. The van der Waals surface area contributed by atoms with Crippen LogP contribution in [0.2, 0.25) is 18.1 Å². The van der Waals surface area contributed by atoms with Crippen molar-refractivity contribution in [1.82, 2.24) is 0 Å². The molecule has 16 heavy (non-hydrogen) atoms. The van der Waals surface area contributed by atoms with Gasteiger partial charge in [-0.25, -0.2) is 4.39 Å². The highest BCUT2D eigenvalue weighted by Crippen LogP contribution is 2.38. The Morgan fingerprint density at radius 1 is 1.25 bits per heavy atom. The van der Waals surface area contributed by atoms with E-state index in [1.165, 1.54) is 6.07 Å². The van der Waals surface area contributed by atoms with Gasteiger partial charge in [0.25, 0.3) is 0 Å². The molecule has 1 nitrogen and oxygen atoms in total. The Balaban J connectivity index is 3.50. The fourth-order valence-corrected chi connectivity index (χ4v) is 5.39. The fraction of sp³-hybridized carbons (Fsp3) is 0.500. The molecule has 0 unspecified atom stereocenters. The van der Waals surface area contributed by atoms with Crippen LogP contribution < -0.4 is 5.19 Å². The molecule has 4 heteroatoms. The first kappa shape index (κ1) is 13.7. The summed E-state index contributed by atoms with van der Waals surface area (Å²) in [7, 11) is -1.98. The average Bonchev–Trinajstić information content (AvgIpc) is 2.10. The highest BCUT2D eigenvalue weighted by molar-refractivity contribution is 9.10. The van der Waals surface area contributed by atoms with Crippen LogP contribution in [0.5, 0.6) is 5.75 Å². The normalized spacial score (nSPS) is 12.9. The minimum atomic E-state index is -1.98. The topological polar surface area (TPSA) is 20.2 Å². The van der Waals surface area contributed by atoms with Gasteiger partial charge in [-0.1, -0.05) is 49.8 Å². The lowest BCUT2D eigenvalue weighted by atomic mass is 10.2. The molecule has 0 saturated heterocycles. The van der Waals surface area contributed by atoms with Crippen molar-refractivity contribution < 1.29 is 9.50 Å².